The van der Waals surface area contributed by atoms with Crippen LogP contribution in [0.5, 0.6) is 0 Å². The van der Waals surface area contributed by atoms with Crippen LogP contribution in [0.1, 0.15) is 101 Å². The number of rotatable bonds is 15. The molecule has 25 heavy (non-hydrogen) atoms. The van der Waals surface area contributed by atoms with E-state index in [-0.39, 0.29) is 16.2 Å². The van der Waals surface area contributed by atoms with Crippen molar-refractivity contribution in [3.63, 3.8) is 0 Å². The van der Waals surface area contributed by atoms with E-state index in [1.807, 2.05) is 0 Å². The van der Waals surface area contributed by atoms with Crippen molar-refractivity contribution in [1.82, 2.24) is 0 Å². The minimum atomic E-state index is -1.29. The lowest BCUT2D eigenvalue weighted by Crippen LogP contribution is -2.23. The third kappa shape index (κ3) is 13.2. The van der Waals surface area contributed by atoms with Gasteiger partial charge in [0.2, 0.25) is 0 Å². The summed E-state index contributed by atoms with van der Waals surface area (Å²) in [6, 6.07) is 0. The Morgan fingerprint density at radius 3 is 0.960 bits per heavy atom. The predicted molar refractivity (Wildman–Crippen MR) is 111 cm³/mol. The molecule has 0 heterocycles. The van der Waals surface area contributed by atoms with Crippen molar-refractivity contribution in [1.29, 1.82) is 0 Å². The number of hydrogen-bond acceptors (Lipinski definition) is 3. The molecule has 0 amide bonds. The molecule has 0 saturated heterocycles. The molecule has 0 bridgehead atoms. The largest absolute Gasteiger partial charge is 0.332 e. The van der Waals surface area contributed by atoms with Gasteiger partial charge in [-0.3, -0.25) is 0 Å². The highest BCUT2D eigenvalue weighted by Crippen LogP contribution is 2.45. The van der Waals surface area contributed by atoms with E-state index in [9.17, 15) is 0 Å². The van der Waals surface area contributed by atoms with Crippen LogP contribution in [-0.4, -0.2) is 19.8 Å². The van der Waals surface area contributed by atoms with Crippen LogP contribution in [0.4, 0.5) is 0 Å². The standard InChI is InChI=1S/C21H45O3P/c1-10-13-19(4,5)16-22-25(23-17-20(6,7)14-11-2)24-18-21(8,9)15-12-3/h10-18H2,1-9H3. The molecule has 0 unspecified atom stereocenters. The van der Waals surface area contributed by atoms with Crippen LogP contribution in [0.3, 0.4) is 0 Å². The monoisotopic (exact) mass is 376 g/mol. The summed E-state index contributed by atoms with van der Waals surface area (Å²) < 4.78 is 18.4. The zero-order valence-electron chi connectivity index (χ0n) is 18.5. The molecule has 0 aromatic carbocycles. The van der Waals surface area contributed by atoms with Crippen LogP contribution in [0.25, 0.3) is 0 Å². The van der Waals surface area contributed by atoms with Crippen LogP contribution < -0.4 is 0 Å². The van der Waals surface area contributed by atoms with E-state index in [4.69, 9.17) is 13.6 Å². The molecule has 0 radical (unpaired) electrons. The van der Waals surface area contributed by atoms with Gasteiger partial charge >= 0.3 is 8.60 Å². The van der Waals surface area contributed by atoms with Gasteiger partial charge in [0.15, 0.2) is 0 Å². The maximum atomic E-state index is 6.13. The molecule has 3 nitrogen and oxygen atoms in total. The summed E-state index contributed by atoms with van der Waals surface area (Å²) in [5.74, 6) is 0. The topological polar surface area (TPSA) is 27.7 Å². The fraction of sp³-hybridized carbons (Fsp3) is 1.00. The molecule has 0 aromatic rings. The van der Waals surface area contributed by atoms with Crippen LogP contribution in [-0.2, 0) is 13.6 Å². The maximum absolute atomic E-state index is 6.13. The molecule has 0 fully saturated rings. The quantitative estimate of drug-likeness (QED) is 0.273. The molecular weight excluding hydrogens is 331 g/mol. The third-order valence-corrected chi connectivity index (χ3v) is 5.48. The lowest BCUT2D eigenvalue weighted by Gasteiger charge is -2.31. The molecule has 0 aliphatic rings. The summed E-state index contributed by atoms with van der Waals surface area (Å²) in [4.78, 5) is 0. The van der Waals surface area contributed by atoms with E-state index in [0.29, 0.717) is 19.8 Å². The van der Waals surface area contributed by atoms with Crippen molar-refractivity contribution >= 4 is 8.60 Å². The Morgan fingerprint density at radius 1 is 0.520 bits per heavy atom. The van der Waals surface area contributed by atoms with Gasteiger partial charge in [-0.2, -0.15) is 0 Å². The van der Waals surface area contributed by atoms with Crippen molar-refractivity contribution in [3.05, 3.63) is 0 Å². The molecule has 0 aliphatic heterocycles. The van der Waals surface area contributed by atoms with Gasteiger partial charge in [-0.25, -0.2) is 0 Å². The SMILES string of the molecule is CCCC(C)(C)COP(OCC(C)(C)CCC)OCC(C)(C)CCC. The van der Waals surface area contributed by atoms with Crippen molar-refractivity contribution < 1.29 is 13.6 Å². The van der Waals surface area contributed by atoms with E-state index < -0.39 is 8.60 Å². The maximum Gasteiger partial charge on any atom is 0.332 e. The Labute approximate surface area is 159 Å². The Bertz CT molecular complexity index is 288. The first-order valence-corrected chi connectivity index (χ1v) is 11.3. The zero-order valence-corrected chi connectivity index (χ0v) is 19.4. The van der Waals surface area contributed by atoms with Gasteiger partial charge in [0.25, 0.3) is 0 Å². The first kappa shape index (κ1) is 25.3. The fourth-order valence-electron chi connectivity index (χ4n) is 3.04. The molecular formula is C21H45O3P. The molecule has 0 saturated carbocycles. The van der Waals surface area contributed by atoms with Crippen molar-refractivity contribution in [3.8, 4) is 0 Å². The Balaban J connectivity index is 4.69. The van der Waals surface area contributed by atoms with Crippen LogP contribution in [0, 0.1) is 16.2 Å². The van der Waals surface area contributed by atoms with Crippen molar-refractivity contribution in [2.24, 2.45) is 16.2 Å². The van der Waals surface area contributed by atoms with E-state index in [1.165, 1.54) is 19.3 Å². The van der Waals surface area contributed by atoms with Gasteiger partial charge in [0.1, 0.15) is 0 Å². The normalized spacial score (nSPS) is 13.7. The zero-order chi connectivity index (χ0) is 19.6. The third-order valence-electron chi connectivity index (χ3n) is 4.46. The average molecular weight is 377 g/mol. The molecule has 0 atom stereocenters. The van der Waals surface area contributed by atoms with Gasteiger partial charge in [0, 0.05) is 0 Å². The molecule has 0 spiro atoms. The summed E-state index contributed by atoms with van der Waals surface area (Å²) >= 11 is 0. The molecule has 0 rings (SSSR count). The predicted octanol–water partition coefficient (Wildman–Crippen LogP) is 7.74. The van der Waals surface area contributed by atoms with Crippen LogP contribution in [0.2, 0.25) is 0 Å². The van der Waals surface area contributed by atoms with Gasteiger partial charge < -0.3 is 13.6 Å². The van der Waals surface area contributed by atoms with Crippen molar-refractivity contribution in [2.45, 2.75) is 101 Å². The minimum Gasteiger partial charge on any atom is -0.312 e. The van der Waals surface area contributed by atoms with Crippen LogP contribution >= 0.6 is 8.60 Å². The summed E-state index contributed by atoms with van der Waals surface area (Å²) in [5.41, 5.74) is 0.500. The van der Waals surface area contributed by atoms with E-state index in [0.717, 1.165) is 19.3 Å². The second-order valence-corrected chi connectivity index (χ2v) is 11.0. The van der Waals surface area contributed by atoms with E-state index in [1.54, 1.807) is 0 Å². The first-order chi connectivity index (χ1) is 11.5. The molecule has 0 aromatic heterocycles. The first-order valence-electron chi connectivity index (χ1n) is 10.2. The lowest BCUT2D eigenvalue weighted by molar-refractivity contribution is 0.0665. The fourth-order valence-corrected chi connectivity index (χ4v) is 4.63. The highest BCUT2D eigenvalue weighted by Gasteiger charge is 2.27. The van der Waals surface area contributed by atoms with Crippen molar-refractivity contribution in [2.75, 3.05) is 19.8 Å². The molecule has 0 N–H and O–H groups in total. The van der Waals surface area contributed by atoms with Gasteiger partial charge in [-0.05, 0) is 35.5 Å². The smallest absolute Gasteiger partial charge is 0.312 e. The second kappa shape index (κ2) is 11.9. The second-order valence-electron chi connectivity index (χ2n) is 9.79. The molecule has 152 valence electrons. The summed E-state index contributed by atoms with van der Waals surface area (Å²) in [7, 11) is -1.29. The van der Waals surface area contributed by atoms with E-state index in [2.05, 4.69) is 62.3 Å². The summed E-state index contributed by atoms with van der Waals surface area (Å²) in [5, 5.41) is 0. The minimum absolute atomic E-state index is 0.167. The molecule has 4 heteroatoms. The Kier molecular flexibility index (Phi) is 12.1. The van der Waals surface area contributed by atoms with Gasteiger partial charge in [0.05, 0.1) is 19.8 Å². The van der Waals surface area contributed by atoms with Crippen LogP contribution in [0.15, 0.2) is 0 Å². The lowest BCUT2D eigenvalue weighted by atomic mass is 9.89. The molecule has 0 aliphatic carbocycles. The van der Waals surface area contributed by atoms with E-state index >= 15 is 0 Å². The number of hydrogen-bond donors (Lipinski definition) is 0. The highest BCUT2D eigenvalue weighted by atomic mass is 31.2. The van der Waals surface area contributed by atoms with Gasteiger partial charge in [-0.1, -0.05) is 81.6 Å². The Morgan fingerprint density at radius 2 is 0.760 bits per heavy atom. The average Bonchev–Trinajstić information content (AvgIpc) is 2.46. The summed E-state index contributed by atoms with van der Waals surface area (Å²) in [6.07, 6.45) is 6.96. The highest BCUT2D eigenvalue weighted by molar-refractivity contribution is 7.41. The van der Waals surface area contributed by atoms with Gasteiger partial charge in [-0.15, -0.1) is 0 Å². The summed E-state index contributed by atoms with van der Waals surface area (Å²) in [6.45, 7) is 22.3. The Hall–Kier alpha value is 0.310.